The molecule has 0 aliphatic carbocycles. The Morgan fingerprint density at radius 1 is 0.979 bits per heavy atom. The number of alkyl halides is 3. The van der Waals surface area contributed by atoms with Gasteiger partial charge in [0.1, 0.15) is 21.7 Å². The quantitative estimate of drug-likeness (QED) is 0.0785. The van der Waals surface area contributed by atoms with Crippen molar-refractivity contribution in [2.75, 3.05) is 6.61 Å². The maximum absolute atomic E-state index is 13.8. The van der Waals surface area contributed by atoms with Crippen molar-refractivity contribution in [3.8, 4) is 16.9 Å². The fourth-order valence-corrected chi connectivity index (χ4v) is 6.06. The SMILES string of the molecule is O=C(CCCCCCOc1ccc(-c2ccc3c(c2)C(=O)N(C(C(=O)NCc2ncc(C(F)(F)F)s2)c2ccccc2)C3)cc1)NO. The number of fused-ring (bicyclic) bond motifs is 1. The van der Waals surface area contributed by atoms with Crippen LogP contribution in [-0.2, 0) is 28.9 Å². The van der Waals surface area contributed by atoms with Crippen molar-refractivity contribution in [1.82, 2.24) is 20.7 Å². The Hall–Kier alpha value is -4.75. The normalized spacial score (nSPS) is 13.3. The van der Waals surface area contributed by atoms with Crippen LogP contribution in [0.2, 0.25) is 0 Å². The lowest BCUT2D eigenvalue weighted by Crippen LogP contribution is -2.40. The smallest absolute Gasteiger partial charge is 0.427 e. The molecule has 13 heteroatoms. The molecule has 0 radical (unpaired) electrons. The number of ether oxygens (including phenoxy) is 1. The highest BCUT2D eigenvalue weighted by molar-refractivity contribution is 7.11. The summed E-state index contributed by atoms with van der Waals surface area (Å²) < 4.78 is 44.9. The van der Waals surface area contributed by atoms with Crippen LogP contribution in [0.1, 0.15) is 69.5 Å². The topological polar surface area (TPSA) is 121 Å². The Morgan fingerprint density at radius 2 is 1.70 bits per heavy atom. The number of carbonyl (C=O) groups excluding carboxylic acids is 3. The lowest BCUT2D eigenvalue weighted by molar-refractivity contribution is -0.134. The van der Waals surface area contributed by atoms with E-state index in [1.54, 1.807) is 41.9 Å². The van der Waals surface area contributed by atoms with Gasteiger partial charge in [-0.15, -0.1) is 11.3 Å². The zero-order valence-electron chi connectivity index (χ0n) is 25.3. The second kappa shape index (κ2) is 15.2. The minimum Gasteiger partial charge on any atom is -0.494 e. The number of aromatic nitrogens is 1. The Labute approximate surface area is 273 Å². The number of nitrogens with one attached hydrogen (secondary N) is 2. The van der Waals surface area contributed by atoms with E-state index in [-0.39, 0.29) is 29.9 Å². The number of halogens is 3. The second-order valence-electron chi connectivity index (χ2n) is 11.0. The molecule has 3 N–H and O–H groups in total. The van der Waals surface area contributed by atoms with Gasteiger partial charge in [-0.2, -0.15) is 13.2 Å². The number of rotatable bonds is 14. The molecule has 47 heavy (non-hydrogen) atoms. The monoisotopic (exact) mass is 666 g/mol. The Morgan fingerprint density at radius 3 is 2.40 bits per heavy atom. The molecular formula is C34H33F3N4O5S. The van der Waals surface area contributed by atoms with E-state index < -0.39 is 23.0 Å². The molecule has 5 rings (SSSR count). The number of hydrogen-bond acceptors (Lipinski definition) is 7. The maximum atomic E-state index is 13.8. The summed E-state index contributed by atoms with van der Waals surface area (Å²) in [4.78, 5) is 42.7. The van der Waals surface area contributed by atoms with Gasteiger partial charge in [0.15, 0.2) is 0 Å². The first-order valence-electron chi connectivity index (χ1n) is 15.1. The molecule has 0 bridgehead atoms. The van der Waals surface area contributed by atoms with Crippen LogP contribution in [0.3, 0.4) is 0 Å². The molecule has 1 aromatic heterocycles. The number of carbonyl (C=O) groups is 3. The van der Waals surface area contributed by atoms with Crippen LogP contribution < -0.4 is 15.5 Å². The number of hydroxylamine groups is 1. The predicted octanol–water partition coefficient (Wildman–Crippen LogP) is 6.68. The fourth-order valence-electron chi connectivity index (χ4n) is 5.33. The lowest BCUT2D eigenvalue weighted by Gasteiger charge is -2.27. The molecule has 1 aliphatic heterocycles. The first kappa shape index (κ1) is 33.6. The maximum Gasteiger partial charge on any atom is 0.427 e. The van der Waals surface area contributed by atoms with Gasteiger partial charge in [-0.1, -0.05) is 67.4 Å². The largest absolute Gasteiger partial charge is 0.494 e. The van der Waals surface area contributed by atoms with Crippen LogP contribution >= 0.6 is 11.3 Å². The molecule has 1 unspecified atom stereocenters. The molecule has 0 fully saturated rings. The summed E-state index contributed by atoms with van der Waals surface area (Å²) in [5.74, 6) is -0.520. The zero-order valence-corrected chi connectivity index (χ0v) is 26.1. The number of nitrogens with zero attached hydrogens (tertiary/aromatic N) is 2. The Bertz CT molecular complexity index is 1700. The van der Waals surface area contributed by atoms with Gasteiger partial charge >= 0.3 is 6.18 Å². The van der Waals surface area contributed by atoms with Crippen LogP contribution in [0.5, 0.6) is 5.75 Å². The zero-order chi connectivity index (χ0) is 33.4. The first-order chi connectivity index (χ1) is 22.6. The van der Waals surface area contributed by atoms with Crippen LogP contribution in [0.15, 0.2) is 79.0 Å². The highest BCUT2D eigenvalue weighted by Gasteiger charge is 2.38. The summed E-state index contributed by atoms with van der Waals surface area (Å²) in [7, 11) is 0. The minimum absolute atomic E-state index is 0.108. The third kappa shape index (κ3) is 8.54. The van der Waals surface area contributed by atoms with E-state index in [0.717, 1.165) is 42.1 Å². The highest BCUT2D eigenvalue weighted by Crippen LogP contribution is 2.36. The van der Waals surface area contributed by atoms with Gasteiger partial charge in [-0.25, -0.2) is 10.5 Å². The van der Waals surface area contributed by atoms with E-state index in [1.165, 1.54) is 4.90 Å². The lowest BCUT2D eigenvalue weighted by atomic mass is 10.0. The van der Waals surface area contributed by atoms with Crippen molar-refractivity contribution in [1.29, 1.82) is 0 Å². The number of unbranched alkanes of at least 4 members (excludes halogenated alkanes) is 3. The molecule has 0 spiro atoms. The van der Waals surface area contributed by atoms with E-state index in [0.29, 0.717) is 47.7 Å². The van der Waals surface area contributed by atoms with Gasteiger partial charge in [0.05, 0.1) is 19.3 Å². The molecular weight excluding hydrogens is 633 g/mol. The molecule has 0 saturated carbocycles. The van der Waals surface area contributed by atoms with Crippen molar-refractivity contribution in [2.24, 2.45) is 0 Å². The number of hydrogen-bond donors (Lipinski definition) is 3. The van der Waals surface area contributed by atoms with Crippen LogP contribution in [0.4, 0.5) is 13.2 Å². The van der Waals surface area contributed by atoms with E-state index in [1.807, 2.05) is 36.4 Å². The second-order valence-corrected chi connectivity index (χ2v) is 12.1. The first-order valence-corrected chi connectivity index (χ1v) is 15.9. The van der Waals surface area contributed by atoms with E-state index in [9.17, 15) is 27.6 Å². The number of thiazole rings is 1. The molecule has 2 heterocycles. The van der Waals surface area contributed by atoms with E-state index in [4.69, 9.17) is 9.94 Å². The summed E-state index contributed by atoms with van der Waals surface area (Å²) in [6.45, 7) is 0.523. The van der Waals surface area contributed by atoms with Gasteiger partial charge in [-0.05, 0) is 53.3 Å². The van der Waals surface area contributed by atoms with Crippen LogP contribution in [0, 0.1) is 0 Å². The molecule has 1 atom stereocenters. The number of amides is 3. The van der Waals surface area contributed by atoms with Crippen molar-refractivity contribution >= 4 is 29.1 Å². The van der Waals surface area contributed by atoms with Crippen molar-refractivity contribution in [3.05, 3.63) is 106 Å². The highest BCUT2D eigenvalue weighted by atomic mass is 32.1. The summed E-state index contributed by atoms with van der Waals surface area (Å²) in [5.41, 5.74) is 5.14. The molecule has 246 valence electrons. The molecule has 9 nitrogen and oxygen atoms in total. The fraction of sp³-hybridized carbons (Fsp3) is 0.294. The van der Waals surface area contributed by atoms with Gasteiger partial charge < -0.3 is 15.0 Å². The average Bonchev–Trinajstić information content (AvgIpc) is 3.69. The third-order valence-corrected chi connectivity index (χ3v) is 8.79. The molecule has 3 aromatic carbocycles. The predicted molar refractivity (Wildman–Crippen MR) is 168 cm³/mol. The average molecular weight is 667 g/mol. The molecule has 1 aliphatic rings. The van der Waals surface area contributed by atoms with Crippen molar-refractivity contribution in [2.45, 2.75) is 57.4 Å². The van der Waals surface area contributed by atoms with Gasteiger partial charge in [0.2, 0.25) is 11.8 Å². The summed E-state index contributed by atoms with van der Waals surface area (Å²) in [6, 6.07) is 20.9. The molecule has 0 saturated heterocycles. The molecule has 3 amide bonds. The summed E-state index contributed by atoms with van der Waals surface area (Å²) in [5, 5.41) is 11.3. The van der Waals surface area contributed by atoms with Gasteiger partial charge in [0, 0.05) is 18.5 Å². The standard InChI is InChI=1S/C34H33F3N4O5S/c35-34(36,37)28-19-38-30(47-28)20-39-32(43)31(23-8-4-3-5-9-23)41-21-25-12-11-24(18-27(25)33(41)44)22-13-15-26(16-14-22)46-17-7-2-1-6-10-29(42)40-45/h3-5,8-9,11-16,18-19,31,45H,1-2,6-7,10,17,20-21H2,(H,39,43)(H,40,42). The third-order valence-electron chi connectivity index (χ3n) is 7.74. The Kier molecular flexibility index (Phi) is 10.9. The van der Waals surface area contributed by atoms with Crippen LogP contribution in [-0.4, -0.2) is 39.4 Å². The van der Waals surface area contributed by atoms with E-state index >= 15 is 0 Å². The van der Waals surface area contributed by atoms with Gasteiger partial charge in [-0.3, -0.25) is 19.6 Å². The van der Waals surface area contributed by atoms with Crippen molar-refractivity contribution in [3.63, 3.8) is 0 Å². The van der Waals surface area contributed by atoms with Crippen molar-refractivity contribution < 1.29 is 37.5 Å². The van der Waals surface area contributed by atoms with Crippen LogP contribution in [0.25, 0.3) is 11.1 Å². The summed E-state index contributed by atoms with van der Waals surface area (Å²) in [6.07, 6.45) is -0.185. The number of benzene rings is 3. The summed E-state index contributed by atoms with van der Waals surface area (Å²) >= 11 is 0.464. The molecule has 4 aromatic rings. The Balaban J connectivity index is 1.22. The minimum atomic E-state index is -4.51. The van der Waals surface area contributed by atoms with Gasteiger partial charge in [0.25, 0.3) is 5.91 Å². The van der Waals surface area contributed by atoms with E-state index in [2.05, 4.69) is 10.3 Å².